The van der Waals surface area contributed by atoms with E-state index in [4.69, 9.17) is 4.42 Å². The summed E-state index contributed by atoms with van der Waals surface area (Å²) in [5.74, 6) is 0. The highest BCUT2D eigenvalue weighted by molar-refractivity contribution is 5.81. The highest BCUT2D eigenvalue weighted by Gasteiger charge is 2.14. The molecule has 0 bridgehead atoms. The smallest absolute Gasteiger partial charge is 0.134 e. The van der Waals surface area contributed by atoms with Crippen molar-refractivity contribution in [3.05, 3.63) is 48.7 Å². The van der Waals surface area contributed by atoms with Gasteiger partial charge in [0.05, 0.1) is 6.26 Å². The molecule has 0 saturated heterocycles. The third-order valence-corrected chi connectivity index (χ3v) is 2.74. The third kappa shape index (κ3) is 2.02. The van der Waals surface area contributed by atoms with E-state index in [1.165, 1.54) is 10.9 Å². The maximum absolute atomic E-state index is 5.55. The third-order valence-electron chi connectivity index (χ3n) is 2.74. The van der Waals surface area contributed by atoms with Gasteiger partial charge in [-0.25, -0.2) is 0 Å². The molecule has 0 spiro atoms. The normalized spacial score (nSPS) is 12.8. The second-order valence-electron chi connectivity index (χ2n) is 3.82. The molecule has 84 valence electrons. The van der Waals surface area contributed by atoms with Gasteiger partial charge in [0.15, 0.2) is 0 Å². The largest absolute Gasteiger partial charge is 0.464 e. The molecule has 1 unspecified atom stereocenters. The Labute approximate surface area is 96.0 Å². The lowest BCUT2D eigenvalue weighted by molar-refractivity contribution is 0.542. The molecule has 0 aliphatic heterocycles. The fourth-order valence-corrected chi connectivity index (χ4v) is 2.00. The molecule has 2 rings (SSSR count). The minimum Gasteiger partial charge on any atom is -0.464 e. The minimum atomic E-state index is 0.297. The van der Waals surface area contributed by atoms with Gasteiger partial charge in [0, 0.05) is 17.0 Å². The van der Waals surface area contributed by atoms with Crippen molar-refractivity contribution >= 4 is 11.0 Å². The summed E-state index contributed by atoms with van der Waals surface area (Å²) in [5, 5.41) is 4.64. The van der Waals surface area contributed by atoms with Crippen LogP contribution in [0.1, 0.15) is 24.9 Å². The van der Waals surface area contributed by atoms with E-state index in [2.05, 4.69) is 24.9 Å². The zero-order chi connectivity index (χ0) is 11.4. The standard InChI is InChI=1S/C14H17NO/c1-3-7-13(15-4-2)12-10-16-14-9-6-5-8-11(12)14/h3,5-6,8-10,13,15H,1,4,7H2,2H3. The second-order valence-corrected chi connectivity index (χ2v) is 3.82. The monoisotopic (exact) mass is 215 g/mol. The summed E-state index contributed by atoms with van der Waals surface area (Å²) >= 11 is 0. The van der Waals surface area contributed by atoms with Gasteiger partial charge >= 0.3 is 0 Å². The lowest BCUT2D eigenvalue weighted by Crippen LogP contribution is -2.19. The molecule has 1 atom stereocenters. The molecule has 0 amide bonds. The Morgan fingerprint density at radius 3 is 3.00 bits per heavy atom. The van der Waals surface area contributed by atoms with Crippen LogP contribution in [0.3, 0.4) is 0 Å². The van der Waals surface area contributed by atoms with E-state index in [9.17, 15) is 0 Å². The molecule has 1 N–H and O–H groups in total. The predicted octanol–water partition coefficient (Wildman–Crippen LogP) is 3.66. The zero-order valence-electron chi connectivity index (χ0n) is 9.57. The molecule has 0 aliphatic carbocycles. The van der Waals surface area contributed by atoms with Gasteiger partial charge in [0.1, 0.15) is 5.58 Å². The second kappa shape index (κ2) is 4.99. The first-order valence-electron chi connectivity index (χ1n) is 5.67. The van der Waals surface area contributed by atoms with Crippen LogP contribution >= 0.6 is 0 Å². The van der Waals surface area contributed by atoms with Gasteiger partial charge in [-0.15, -0.1) is 6.58 Å². The van der Waals surface area contributed by atoms with Crippen molar-refractivity contribution in [2.45, 2.75) is 19.4 Å². The van der Waals surface area contributed by atoms with Gasteiger partial charge in [-0.3, -0.25) is 0 Å². The SMILES string of the molecule is C=CCC(NCC)c1coc2ccccc12. The molecule has 0 radical (unpaired) electrons. The fraction of sp³-hybridized carbons (Fsp3) is 0.286. The maximum atomic E-state index is 5.55. The molecular formula is C14H17NO. The van der Waals surface area contributed by atoms with Crippen LogP contribution in [0.25, 0.3) is 11.0 Å². The zero-order valence-corrected chi connectivity index (χ0v) is 9.57. The van der Waals surface area contributed by atoms with Crippen LogP contribution in [0.15, 0.2) is 47.6 Å². The Morgan fingerprint density at radius 2 is 2.25 bits per heavy atom. The van der Waals surface area contributed by atoms with Crippen LogP contribution in [0.2, 0.25) is 0 Å². The van der Waals surface area contributed by atoms with Crippen LogP contribution in [0.5, 0.6) is 0 Å². The molecule has 2 heteroatoms. The van der Waals surface area contributed by atoms with Crippen LogP contribution in [0.4, 0.5) is 0 Å². The quantitative estimate of drug-likeness (QED) is 0.770. The van der Waals surface area contributed by atoms with Crippen molar-refractivity contribution in [3.8, 4) is 0 Å². The Bertz CT molecular complexity index is 472. The van der Waals surface area contributed by atoms with Crippen LogP contribution < -0.4 is 5.32 Å². The lowest BCUT2D eigenvalue weighted by Gasteiger charge is -2.14. The van der Waals surface area contributed by atoms with Crippen molar-refractivity contribution in [2.75, 3.05) is 6.54 Å². The molecule has 1 aromatic carbocycles. The van der Waals surface area contributed by atoms with E-state index in [1.807, 2.05) is 30.5 Å². The Balaban J connectivity index is 2.39. The lowest BCUT2D eigenvalue weighted by atomic mass is 10.0. The van der Waals surface area contributed by atoms with Gasteiger partial charge in [-0.05, 0) is 19.0 Å². The summed E-state index contributed by atoms with van der Waals surface area (Å²) in [6, 6.07) is 8.42. The van der Waals surface area contributed by atoms with E-state index in [0.717, 1.165) is 18.5 Å². The summed E-state index contributed by atoms with van der Waals surface area (Å²) in [6.07, 6.45) is 4.70. The number of furan rings is 1. The number of nitrogens with one attached hydrogen (secondary N) is 1. The van der Waals surface area contributed by atoms with Crippen LogP contribution in [0, 0.1) is 0 Å². The molecule has 2 nitrogen and oxygen atoms in total. The predicted molar refractivity (Wildman–Crippen MR) is 67.4 cm³/mol. The summed E-state index contributed by atoms with van der Waals surface area (Å²) in [4.78, 5) is 0. The molecular weight excluding hydrogens is 198 g/mol. The van der Waals surface area contributed by atoms with Crippen LogP contribution in [-0.4, -0.2) is 6.54 Å². The average molecular weight is 215 g/mol. The molecule has 16 heavy (non-hydrogen) atoms. The molecule has 1 aromatic heterocycles. The first kappa shape index (κ1) is 11.0. The number of benzene rings is 1. The summed E-state index contributed by atoms with van der Waals surface area (Å²) in [7, 11) is 0. The molecule has 2 aromatic rings. The maximum Gasteiger partial charge on any atom is 0.134 e. The molecule has 1 heterocycles. The Morgan fingerprint density at radius 1 is 1.44 bits per heavy atom. The van der Waals surface area contributed by atoms with Gasteiger partial charge < -0.3 is 9.73 Å². The van der Waals surface area contributed by atoms with E-state index >= 15 is 0 Å². The fourth-order valence-electron chi connectivity index (χ4n) is 2.00. The first-order chi connectivity index (χ1) is 7.86. The van der Waals surface area contributed by atoms with Crippen molar-refractivity contribution < 1.29 is 4.42 Å². The van der Waals surface area contributed by atoms with E-state index in [1.54, 1.807) is 0 Å². The van der Waals surface area contributed by atoms with Gasteiger partial charge in [-0.2, -0.15) is 0 Å². The number of para-hydroxylation sites is 1. The van der Waals surface area contributed by atoms with E-state index in [-0.39, 0.29) is 0 Å². The van der Waals surface area contributed by atoms with Crippen molar-refractivity contribution in [1.29, 1.82) is 0 Å². The summed E-state index contributed by atoms with van der Waals surface area (Å²) in [6.45, 7) is 6.85. The highest BCUT2D eigenvalue weighted by Crippen LogP contribution is 2.28. The highest BCUT2D eigenvalue weighted by atomic mass is 16.3. The van der Waals surface area contributed by atoms with E-state index < -0.39 is 0 Å². The molecule has 0 fully saturated rings. The topological polar surface area (TPSA) is 25.2 Å². The summed E-state index contributed by atoms with van der Waals surface area (Å²) < 4.78 is 5.55. The van der Waals surface area contributed by atoms with Crippen LogP contribution in [-0.2, 0) is 0 Å². The average Bonchev–Trinajstić information content (AvgIpc) is 2.72. The van der Waals surface area contributed by atoms with E-state index in [0.29, 0.717) is 6.04 Å². The van der Waals surface area contributed by atoms with Gasteiger partial charge in [0.2, 0.25) is 0 Å². The van der Waals surface area contributed by atoms with Gasteiger partial charge in [0.25, 0.3) is 0 Å². The molecule has 0 saturated carbocycles. The number of hydrogen-bond acceptors (Lipinski definition) is 2. The Hall–Kier alpha value is -1.54. The number of fused-ring (bicyclic) bond motifs is 1. The number of hydrogen-bond donors (Lipinski definition) is 1. The first-order valence-corrected chi connectivity index (χ1v) is 5.67. The molecule has 0 aliphatic rings. The summed E-state index contributed by atoms with van der Waals surface area (Å²) in [5.41, 5.74) is 2.17. The number of rotatable bonds is 5. The van der Waals surface area contributed by atoms with Crippen molar-refractivity contribution in [1.82, 2.24) is 5.32 Å². The Kier molecular flexibility index (Phi) is 3.42. The van der Waals surface area contributed by atoms with Gasteiger partial charge in [-0.1, -0.05) is 31.2 Å². The minimum absolute atomic E-state index is 0.297. The van der Waals surface area contributed by atoms with Crippen molar-refractivity contribution in [2.24, 2.45) is 0 Å². The van der Waals surface area contributed by atoms with Crippen molar-refractivity contribution in [3.63, 3.8) is 0 Å².